The van der Waals surface area contributed by atoms with Gasteiger partial charge in [-0.25, -0.2) is 0 Å². The Kier molecular flexibility index (Phi) is 6.73. The van der Waals surface area contributed by atoms with E-state index in [0.29, 0.717) is 0 Å². The molecule has 1 saturated heterocycles. The van der Waals surface area contributed by atoms with Crippen molar-refractivity contribution in [1.29, 1.82) is 0 Å². The number of hydrogen-bond donors (Lipinski definition) is 0. The van der Waals surface area contributed by atoms with Crippen LogP contribution >= 0.6 is 0 Å². The lowest BCUT2D eigenvalue weighted by molar-refractivity contribution is -0.134. The van der Waals surface area contributed by atoms with E-state index in [-0.39, 0.29) is 11.8 Å². The minimum Gasteiger partial charge on any atom is -0.341 e. The Morgan fingerprint density at radius 3 is 2.68 bits per heavy atom. The molecule has 5 nitrogen and oxygen atoms in total. The monoisotopic (exact) mass is 414 g/mol. The van der Waals surface area contributed by atoms with Crippen molar-refractivity contribution >= 4 is 5.91 Å². The highest BCUT2D eigenvalue weighted by Gasteiger charge is 2.30. The molecule has 0 radical (unpaired) electrons. The second-order valence-electron chi connectivity index (χ2n) is 8.22. The fourth-order valence-corrected chi connectivity index (χ4v) is 4.41. The molecule has 3 aromatic rings. The van der Waals surface area contributed by atoms with E-state index in [1.807, 2.05) is 30.2 Å². The number of nitrogens with zero attached hydrogens (tertiary/aromatic N) is 4. The van der Waals surface area contributed by atoms with Gasteiger partial charge in [0.1, 0.15) is 0 Å². The fourth-order valence-electron chi connectivity index (χ4n) is 4.41. The van der Waals surface area contributed by atoms with Gasteiger partial charge in [0, 0.05) is 56.4 Å². The van der Waals surface area contributed by atoms with Gasteiger partial charge >= 0.3 is 0 Å². The Bertz CT molecular complexity index is 1020. The number of carbonyl (C=O) groups excluding carboxylic acids is 1. The molecule has 0 aliphatic carbocycles. The molecule has 0 unspecified atom stereocenters. The lowest BCUT2D eigenvalue weighted by atomic mass is 9.91. The number of carbonyl (C=O) groups is 1. The number of aromatic nitrogens is 2. The third-order valence-corrected chi connectivity index (χ3v) is 6.00. The van der Waals surface area contributed by atoms with Crippen molar-refractivity contribution in [2.24, 2.45) is 5.92 Å². The van der Waals surface area contributed by atoms with E-state index >= 15 is 0 Å². The summed E-state index contributed by atoms with van der Waals surface area (Å²) in [6.45, 7) is 7.98. The maximum atomic E-state index is 13.4. The van der Waals surface area contributed by atoms with Gasteiger partial charge in [0.15, 0.2) is 0 Å². The highest BCUT2D eigenvalue weighted by molar-refractivity contribution is 5.80. The molecule has 0 N–H and O–H groups in total. The average molecular weight is 415 g/mol. The standard InChI is InChI=1S/C26H30N4O/c1-3-30-15-14-29(19-24-11-6-8-20(2)28-24)18-23(26(30)31)16-21-9-4-5-12-25(21)22-10-7-13-27-17-22/h4-13,17,23H,3,14-16,18-19H2,1-2H3/t23-/m1/s1. The van der Waals surface area contributed by atoms with Crippen LogP contribution in [0, 0.1) is 12.8 Å². The van der Waals surface area contributed by atoms with Crippen molar-refractivity contribution in [3.8, 4) is 11.1 Å². The Morgan fingerprint density at radius 2 is 1.90 bits per heavy atom. The Labute approximate surface area is 184 Å². The molecule has 4 rings (SSSR count). The van der Waals surface area contributed by atoms with Crippen LogP contribution in [0.15, 0.2) is 67.0 Å². The Hall–Kier alpha value is -3.05. The van der Waals surface area contributed by atoms with Gasteiger partial charge in [-0.1, -0.05) is 36.4 Å². The van der Waals surface area contributed by atoms with Crippen molar-refractivity contribution in [2.45, 2.75) is 26.8 Å². The van der Waals surface area contributed by atoms with Crippen molar-refractivity contribution in [1.82, 2.24) is 19.8 Å². The number of benzene rings is 1. The van der Waals surface area contributed by atoms with Gasteiger partial charge in [-0.3, -0.25) is 19.7 Å². The molecule has 1 amide bonds. The molecular weight excluding hydrogens is 384 g/mol. The molecule has 1 aliphatic heterocycles. The van der Waals surface area contributed by atoms with Crippen molar-refractivity contribution in [2.75, 3.05) is 26.2 Å². The van der Waals surface area contributed by atoms with Crippen LogP contribution in [0.25, 0.3) is 11.1 Å². The molecule has 31 heavy (non-hydrogen) atoms. The van der Waals surface area contributed by atoms with E-state index in [1.54, 1.807) is 6.20 Å². The number of pyridine rings is 2. The smallest absolute Gasteiger partial charge is 0.227 e. The minimum atomic E-state index is -0.0786. The highest BCUT2D eigenvalue weighted by Crippen LogP contribution is 2.27. The zero-order valence-electron chi connectivity index (χ0n) is 18.4. The van der Waals surface area contributed by atoms with Gasteiger partial charge in [0.2, 0.25) is 5.91 Å². The zero-order chi connectivity index (χ0) is 21.6. The average Bonchev–Trinajstić information content (AvgIpc) is 2.93. The van der Waals surface area contributed by atoms with Gasteiger partial charge in [0.05, 0.1) is 11.6 Å². The second kappa shape index (κ2) is 9.84. The maximum Gasteiger partial charge on any atom is 0.227 e. The molecule has 1 aliphatic rings. The lowest BCUT2D eigenvalue weighted by Gasteiger charge is -2.24. The first-order valence-electron chi connectivity index (χ1n) is 11.1. The molecule has 1 fully saturated rings. The third kappa shape index (κ3) is 5.17. The van der Waals surface area contributed by atoms with Gasteiger partial charge in [-0.2, -0.15) is 0 Å². The van der Waals surface area contributed by atoms with E-state index in [1.165, 1.54) is 5.56 Å². The summed E-state index contributed by atoms with van der Waals surface area (Å²) in [4.78, 5) is 26.7. The fraction of sp³-hybridized carbons (Fsp3) is 0.346. The topological polar surface area (TPSA) is 49.3 Å². The van der Waals surface area contributed by atoms with Crippen LogP contribution in [0.1, 0.15) is 23.9 Å². The van der Waals surface area contributed by atoms with E-state index in [0.717, 1.165) is 61.7 Å². The number of aryl methyl sites for hydroxylation is 1. The largest absolute Gasteiger partial charge is 0.341 e. The molecule has 160 valence electrons. The molecule has 0 saturated carbocycles. The SMILES string of the molecule is CCN1CCN(Cc2cccc(C)n2)C[C@@H](Cc2ccccc2-c2cccnc2)C1=O. The second-order valence-corrected chi connectivity index (χ2v) is 8.22. The molecule has 0 spiro atoms. The number of amides is 1. The first kappa shape index (κ1) is 21.2. The molecule has 1 aromatic carbocycles. The summed E-state index contributed by atoms with van der Waals surface area (Å²) in [5.41, 5.74) is 5.53. The summed E-state index contributed by atoms with van der Waals surface area (Å²) in [5, 5.41) is 0. The van der Waals surface area contributed by atoms with Gasteiger partial charge in [-0.15, -0.1) is 0 Å². The summed E-state index contributed by atoms with van der Waals surface area (Å²) >= 11 is 0. The summed E-state index contributed by atoms with van der Waals surface area (Å²) in [6, 6.07) is 18.6. The molecular formula is C26H30N4O. The Balaban J connectivity index is 1.59. The third-order valence-electron chi connectivity index (χ3n) is 6.00. The maximum absolute atomic E-state index is 13.4. The first-order valence-corrected chi connectivity index (χ1v) is 11.1. The Morgan fingerprint density at radius 1 is 1.03 bits per heavy atom. The normalized spacial score (nSPS) is 17.5. The molecule has 1 atom stereocenters. The summed E-state index contributed by atoms with van der Waals surface area (Å²) < 4.78 is 0. The number of likely N-dealkylation sites (N-methyl/N-ethyl adjacent to an activating group) is 1. The zero-order valence-corrected chi connectivity index (χ0v) is 18.4. The van der Waals surface area contributed by atoms with E-state index < -0.39 is 0 Å². The number of rotatable bonds is 6. The summed E-state index contributed by atoms with van der Waals surface area (Å²) in [7, 11) is 0. The van der Waals surface area contributed by atoms with E-state index in [9.17, 15) is 4.79 Å². The highest BCUT2D eigenvalue weighted by atomic mass is 16.2. The molecule has 5 heteroatoms. The van der Waals surface area contributed by atoms with Crippen LogP contribution in [0.4, 0.5) is 0 Å². The van der Waals surface area contributed by atoms with E-state index in [4.69, 9.17) is 0 Å². The number of hydrogen-bond acceptors (Lipinski definition) is 4. The first-order chi connectivity index (χ1) is 15.1. The molecule has 2 aromatic heterocycles. The molecule has 0 bridgehead atoms. The summed E-state index contributed by atoms with van der Waals surface area (Å²) in [5.74, 6) is 0.174. The predicted molar refractivity (Wildman–Crippen MR) is 123 cm³/mol. The van der Waals surface area contributed by atoms with Crippen LogP contribution < -0.4 is 0 Å². The summed E-state index contributed by atoms with van der Waals surface area (Å²) in [6.07, 6.45) is 4.40. The van der Waals surface area contributed by atoms with Crippen molar-refractivity contribution in [3.05, 3.63) is 83.9 Å². The van der Waals surface area contributed by atoms with Crippen LogP contribution in [-0.4, -0.2) is 51.9 Å². The minimum absolute atomic E-state index is 0.0786. The van der Waals surface area contributed by atoms with Crippen molar-refractivity contribution in [3.63, 3.8) is 0 Å². The van der Waals surface area contributed by atoms with Crippen LogP contribution in [0.3, 0.4) is 0 Å². The molecule has 3 heterocycles. The lowest BCUT2D eigenvalue weighted by Crippen LogP contribution is -2.37. The van der Waals surface area contributed by atoms with Crippen molar-refractivity contribution < 1.29 is 4.79 Å². The van der Waals surface area contributed by atoms with Crippen LogP contribution in [-0.2, 0) is 17.8 Å². The van der Waals surface area contributed by atoms with Crippen LogP contribution in [0.2, 0.25) is 0 Å². The van der Waals surface area contributed by atoms with Gasteiger partial charge in [-0.05, 0) is 49.6 Å². The quantitative estimate of drug-likeness (QED) is 0.612. The van der Waals surface area contributed by atoms with Gasteiger partial charge < -0.3 is 4.90 Å². The van der Waals surface area contributed by atoms with Gasteiger partial charge in [0.25, 0.3) is 0 Å². The van der Waals surface area contributed by atoms with Crippen LogP contribution in [0.5, 0.6) is 0 Å². The van der Waals surface area contributed by atoms with E-state index in [2.05, 4.69) is 64.3 Å². The predicted octanol–water partition coefficient (Wildman–Crippen LogP) is 3.98.